The molecule has 0 fully saturated rings. The Morgan fingerprint density at radius 1 is 1.17 bits per heavy atom. The highest BCUT2D eigenvalue weighted by Crippen LogP contribution is 2.27. The van der Waals surface area contributed by atoms with Crippen LogP contribution in [0.1, 0.15) is 49.7 Å². The Labute approximate surface area is 208 Å². The van der Waals surface area contributed by atoms with E-state index in [4.69, 9.17) is 16.1 Å². The van der Waals surface area contributed by atoms with Crippen molar-refractivity contribution in [2.75, 3.05) is 23.4 Å². The summed E-state index contributed by atoms with van der Waals surface area (Å²) >= 11 is 0. The number of nitrogens with one attached hydrogen (secondary N) is 3. The van der Waals surface area contributed by atoms with Crippen LogP contribution in [0.15, 0.2) is 53.6 Å². The second kappa shape index (κ2) is 10.5. The van der Waals surface area contributed by atoms with Gasteiger partial charge in [-0.05, 0) is 43.2 Å². The first-order valence-corrected chi connectivity index (χ1v) is 11.8. The number of benzene rings is 2. The summed E-state index contributed by atoms with van der Waals surface area (Å²) in [5.41, 5.74) is 8.44. The van der Waals surface area contributed by atoms with E-state index in [2.05, 4.69) is 20.6 Å². The quantitative estimate of drug-likeness (QED) is 0.257. The molecule has 2 aromatic heterocycles. The average Bonchev–Trinajstić information content (AvgIpc) is 2.89. The highest BCUT2D eigenvalue weighted by molar-refractivity contribution is 6.16. The van der Waals surface area contributed by atoms with Crippen molar-refractivity contribution in [2.45, 2.75) is 39.3 Å². The van der Waals surface area contributed by atoms with Crippen LogP contribution in [0.2, 0.25) is 0 Å². The largest absolute Gasteiger partial charge is 0.388 e. The molecule has 0 saturated carbocycles. The number of nitrogen functional groups attached to an aromatic ring is 1. The van der Waals surface area contributed by atoms with Gasteiger partial charge in [0.15, 0.2) is 0 Å². The molecule has 0 bridgehead atoms. The van der Waals surface area contributed by atoms with E-state index >= 15 is 0 Å². The second-order valence-electron chi connectivity index (χ2n) is 8.38. The number of rotatable bonds is 9. The fourth-order valence-electron chi connectivity index (χ4n) is 4.13. The summed E-state index contributed by atoms with van der Waals surface area (Å²) in [5.74, 6) is 0.563. The molecule has 5 N–H and O–H groups in total. The van der Waals surface area contributed by atoms with E-state index in [0.29, 0.717) is 47.7 Å². The van der Waals surface area contributed by atoms with Gasteiger partial charge < -0.3 is 16.4 Å². The molecule has 0 aliphatic carbocycles. The number of halogens is 1. The van der Waals surface area contributed by atoms with Crippen molar-refractivity contribution in [1.29, 1.82) is 5.41 Å². The van der Waals surface area contributed by atoms with Crippen LogP contribution in [0.25, 0.3) is 10.9 Å². The first kappa shape index (κ1) is 24.8. The van der Waals surface area contributed by atoms with Gasteiger partial charge in [0.25, 0.3) is 5.56 Å². The number of hydrogen-bond donors (Lipinski definition) is 4. The Balaban J connectivity index is 1.79. The lowest BCUT2D eigenvalue weighted by Gasteiger charge is -2.23. The maximum absolute atomic E-state index is 13.8. The summed E-state index contributed by atoms with van der Waals surface area (Å²) in [6.07, 6.45) is 2.60. The molecule has 0 aliphatic rings. The van der Waals surface area contributed by atoms with Gasteiger partial charge in [0.1, 0.15) is 29.6 Å². The van der Waals surface area contributed by atoms with Crippen LogP contribution in [0.4, 0.5) is 21.7 Å². The SMILES string of the molecule is CCCn1c(C(CC)Nc2ncnc(N)c2C(=N)c2ccc(NC)cc2)nc2ccc(F)cc2c1=O. The van der Waals surface area contributed by atoms with E-state index in [1.54, 1.807) is 4.57 Å². The average molecular weight is 489 g/mol. The van der Waals surface area contributed by atoms with Crippen molar-refractivity contribution < 1.29 is 4.39 Å². The van der Waals surface area contributed by atoms with Gasteiger partial charge in [-0.15, -0.1) is 0 Å². The lowest BCUT2D eigenvalue weighted by molar-refractivity contribution is 0.559. The molecular formula is C26H29FN8O. The Morgan fingerprint density at radius 3 is 2.58 bits per heavy atom. The minimum absolute atomic E-state index is 0.165. The van der Waals surface area contributed by atoms with E-state index in [0.717, 1.165) is 5.69 Å². The van der Waals surface area contributed by atoms with Crippen LogP contribution in [0, 0.1) is 11.2 Å². The van der Waals surface area contributed by atoms with Gasteiger partial charge in [0, 0.05) is 24.8 Å². The zero-order chi connectivity index (χ0) is 25.8. The maximum atomic E-state index is 13.8. The number of nitrogens with two attached hydrogens (primary N) is 1. The summed E-state index contributed by atoms with van der Waals surface area (Å²) in [5, 5.41) is 15.5. The molecule has 0 amide bonds. The number of hydrogen-bond acceptors (Lipinski definition) is 8. The molecule has 186 valence electrons. The minimum Gasteiger partial charge on any atom is -0.388 e. The molecule has 0 saturated heterocycles. The van der Waals surface area contributed by atoms with Crippen LogP contribution in [-0.4, -0.2) is 32.3 Å². The van der Waals surface area contributed by atoms with Crippen molar-refractivity contribution in [3.05, 3.63) is 81.9 Å². The summed E-state index contributed by atoms with van der Waals surface area (Å²) in [6.45, 7) is 4.35. The molecule has 9 nitrogen and oxygen atoms in total. The topological polar surface area (TPSA) is 135 Å². The highest BCUT2D eigenvalue weighted by Gasteiger charge is 2.23. The second-order valence-corrected chi connectivity index (χ2v) is 8.38. The zero-order valence-electron chi connectivity index (χ0n) is 20.5. The zero-order valence-corrected chi connectivity index (χ0v) is 20.5. The fraction of sp³-hybridized carbons (Fsp3) is 0.269. The maximum Gasteiger partial charge on any atom is 0.261 e. The first-order chi connectivity index (χ1) is 17.4. The predicted molar refractivity (Wildman–Crippen MR) is 141 cm³/mol. The van der Waals surface area contributed by atoms with Gasteiger partial charge in [-0.1, -0.05) is 26.0 Å². The third-order valence-electron chi connectivity index (χ3n) is 6.01. The van der Waals surface area contributed by atoms with Gasteiger partial charge in [-0.2, -0.15) is 0 Å². The Morgan fingerprint density at radius 2 is 1.92 bits per heavy atom. The Hall–Kier alpha value is -4.34. The van der Waals surface area contributed by atoms with Crippen LogP contribution < -0.4 is 21.9 Å². The van der Waals surface area contributed by atoms with Gasteiger partial charge in [0.05, 0.1) is 28.2 Å². The summed E-state index contributed by atoms with van der Waals surface area (Å²) in [6, 6.07) is 11.0. The van der Waals surface area contributed by atoms with E-state index in [-0.39, 0.29) is 22.5 Å². The standard InChI is InChI=1S/C26H29FN8O/c1-4-12-35-25(34-20-11-8-16(27)13-18(20)26(35)36)19(5-2)33-24-21(23(29)31-14-32-24)22(28)15-6-9-17(30-3)10-7-15/h6-11,13-14,19,28,30H,4-5,12H2,1-3H3,(H3,29,31,32,33). The first-order valence-electron chi connectivity index (χ1n) is 11.8. The Kier molecular flexibility index (Phi) is 7.23. The van der Waals surface area contributed by atoms with Gasteiger partial charge >= 0.3 is 0 Å². The Bertz CT molecular complexity index is 1470. The van der Waals surface area contributed by atoms with Gasteiger partial charge in [0.2, 0.25) is 0 Å². The van der Waals surface area contributed by atoms with Crippen LogP contribution in [0.5, 0.6) is 0 Å². The van der Waals surface area contributed by atoms with Gasteiger partial charge in [-0.25, -0.2) is 19.3 Å². The molecule has 0 spiro atoms. The molecular weight excluding hydrogens is 459 g/mol. The molecule has 1 atom stereocenters. The van der Waals surface area contributed by atoms with E-state index in [9.17, 15) is 9.18 Å². The third kappa shape index (κ3) is 4.74. The molecule has 0 aliphatic heterocycles. The molecule has 0 radical (unpaired) electrons. The van der Waals surface area contributed by atoms with Crippen LogP contribution in [0.3, 0.4) is 0 Å². The lowest BCUT2D eigenvalue weighted by atomic mass is 10.0. The van der Waals surface area contributed by atoms with Crippen molar-refractivity contribution in [3.63, 3.8) is 0 Å². The van der Waals surface area contributed by atoms with Crippen molar-refractivity contribution in [1.82, 2.24) is 19.5 Å². The predicted octanol–water partition coefficient (Wildman–Crippen LogP) is 4.34. The monoisotopic (exact) mass is 488 g/mol. The molecule has 2 heterocycles. The number of anilines is 3. The molecule has 36 heavy (non-hydrogen) atoms. The van der Waals surface area contributed by atoms with E-state index in [1.807, 2.05) is 45.2 Å². The molecule has 1 unspecified atom stereocenters. The summed E-state index contributed by atoms with van der Waals surface area (Å²) in [4.78, 5) is 26.5. The van der Waals surface area contributed by atoms with Gasteiger partial charge in [-0.3, -0.25) is 14.8 Å². The smallest absolute Gasteiger partial charge is 0.261 e. The third-order valence-corrected chi connectivity index (χ3v) is 6.01. The molecule has 2 aromatic carbocycles. The van der Waals surface area contributed by atoms with Crippen molar-refractivity contribution >= 4 is 33.9 Å². The normalized spacial score (nSPS) is 11.9. The van der Waals surface area contributed by atoms with Crippen molar-refractivity contribution in [3.8, 4) is 0 Å². The number of aromatic nitrogens is 4. The summed E-state index contributed by atoms with van der Waals surface area (Å²) in [7, 11) is 1.83. The highest BCUT2D eigenvalue weighted by atomic mass is 19.1. The molecule has 10 heteroatoms. The van der Waals surface area contributed by atoms with Crippen LogP contribution in [-0.2, 0) is 6.54 Å². The van der Waals surface area contributed by atoms with E-state index in [1.165, 1.54) is 24.5 Å². The fourth-order valence-corrected chi connectivity index (χ4v) is 4.13. The van der Waals surface area contributed by atoms with Crippen LogP contribution >= 0.6 is 0 Å². The molecule has 4 aromatic rings. The summed E-state index contributed by atoms with van der Waals surface area (Å²) < 4.78 is 15.4. The van der Waals surface area contributed by atoms with Crippen molar-refractivity contribution in [2.24, 2.45) is 0 Å². The number of fused-ring (bicyclic) bond motifs is 1. The van der Waals surface area contributed by atoms with E-state index < -0.39 is 11.9 Å². The minimum atomic E-state index is -0.482. The molecule has 4 rings (SSSR count). The number of nitrogens with zero attached hydrogens (tertiary/aromatic N) is 4. The lowest BCUT2D eigenvalue weighted by Crippen LogP contribution is -2.30.